The molecule has 2 aromatic carbocycles. The molecule has 0 fully saturated rings. The van der Waals surface area contributed by atoms with E-state index in [1.54, 1.807) is 30.5 Å². The molecule has 0 aliphatic rings. The Morgan fingerprint density at radius 2 is 1.87 bits per heavy atom. The van der Waals surface area contributed by atoms with Crippen LogP contribution in [0.15, 0.2) is 67.0 Å². The van der Waals surface area contributed by atoms with Crippen LogP contribution in [0.2, 0.25) is 0 Å². The lowest BCUT2D eigenvalue weighted by molar-refractivity contribution is -0.143. The standard InChI is InChI=1S/C20H13F4N5O/c21-15-6-1-2-7-17(15)29-18(20(22,23)24)14(11-26-29)19(30)27-13-5-3-4-12(10-13)16-8-9-25-28-16/h1-11H,(H,25,28)(H,27,30). The number of H-pyrrole nitrogens is 1. The van der Waals surface area contributed by atoms with Crippen LogP contribution in [-0.4, -0.2) is 25.9 Å². The third-order valence-corrected chi connectivity index (χ3v) is 4.30. The summed E-state index contributed by atoms with van der Waals surface area (Å²) in [6.07, 6.45) is -2.63. The first-order chi connectivity index (χ1) is 14.3. The predicted molar refractivity (Wildman–Crippen MR) is 101 cm³/mol. The molecule has 1 amide bonds. The van der Waals surface area contributed by atoms with Crippen molar-refractivity contribution in [2.45, 2.75) is 6.18 Å². The average molecular weight is 415 g/mol. The quantitative estimate of drug-likeness (QED) is 0.476. The third-order valence-electron chi connectivity index (χ3n) is 4.30. The molecule has 2 heterocycles. The van der Waals surface area contributed by atoms with E-state index in [4.69, 9.17) is 0 Å². The van der Waals surface area contributed by atoms with Gasteiger partial charge in [0.15, 0.2) is 5.69 Å². The van der Waals surface area contributed by atoms with Crippen LogP contribution in [0.1, 0.15) is 16.1 Å². The highest BCUT2D eigenvalue weighted by atomic mass is 19.4. The number of nitrogens with zero attached hydrogens (tertiary/aromatic N) is 3. The predicted octanol–water partition coefficient (Wildman–Crippen LogP) is 4.67. The van der Waals surface area contributed by atoms with Gasteiger partial charge in [0.1, 0.15) is 11.5 Å². The summed E-state index contributed by atoms with van der Waals surface area (Å²) in [6, 6.07) is 13.1. The summed E-state index contributed by atoms with van der Waals surface area (Å²) in [5, 5.41) is 12.6. The molecule has 0 aliphatic heterocycles. The maximum atomic E-state index is 14.0. The van der Waals surface area contributed by atoms with E-state index in [1.165, 1.54) is 18.2 Å². The Balaban J connectivity index is 1.70. The Kier molecular flexibility index (Phi) is 4.82. The number of carbonyl (C=O) groups is 1. The van der Waals surface area contributed by atoms with Gasteiger partial charge in [-0.2, -0.15) is 23.4 Å². The van der Waals surface area contributed by atoms with Crippen molar-refractivity contribution in [3.63, 3.8) is 0 Å². The van der Waals surface area contributed by atoms with E-state index in [-0.39, 0.29) is 5.69 Å². The minimum Gasteiger partial charge on any atom is -0.322 e. The maximum absolute atomic E-state index is 14.0. The van der Waals surface area contributed by atoms with Crippen LogP contribution in [-0.2, 0) is 6.18 Å². The molecule has 0 atom stereocenters. The Hall–Kier alpha value is -3.95. The van der Waals surface area contributed by atoms with E-state index in [0.29, 0.717) is 15.9 Å². The summed E-state index contributed by atoms with van der Waals surface area (Å²) in [7, 11) is 0. The van der Waals surface area contributed by atoms with E-state index in [2.05, 4.69) is 20.6 Å². The van der Waals surface area contributed by atoms with Crippen LogP contribution in [0.25, 0.3) is 16.9 Å². The van der Waals surface area contributed by atoms with Crippen molar-refractivity contribution >= 4 is 11.6 Å². The fourth-order valence-corrected chi connectivity index (χ4v) is 2.97. The van der Waals surface area contributed by atoms with Gasteiger partial charge in [-0.3, -0.25) is 9.89 Å². The number of hydrogen-bond donors (Lipinski definition) is 2. The zero-order chi connectivity index (χ0) is 21.3. The molecule has 4 aromatic rings. The van der Waals surface area contributed by atoms with Crippen LogP contribution in [0.5, 0.6) is 0 Å². The number of hydrogen-bond acceptors (Lipinski definition) is 3. The lowest BCUT2D eigenvalue weighted by Gasteiger charge is -2.13. The lowest BCUT2D eigenvalue weighted by Crippen LogP contribution is -2.21. The summed E-state index contributed by atoms with van der Waals surface area (Å²) in [5.41, 5.74) is -0.866. The van der Waals surface area contributed by atoms with Crippen molar-refractivity contribution in [3.05, 3.63) is 84.1 Å². The molecular weight excluding hydrogens is 402 g/mol. The van der Waals surface area contributed by atoms with Crippen LogP contribution in [0, 0.1) is 5.82 Å². The number of aromatic amines is 1. The maximum Gasteiger partial charge on any atom is 0.434 e. The molecule has 0 bridgehead atoms. The largest absolute Gasteiger partial charge is 0.434 e. The second kappa shape index (κ2) is 7.47. The van der Waals surface area contributed by atoms with Crippen LogP contribution < -0.4 is 5.32 Å². The molecule has 2 N–H and O–H groups in total. The van der Waals surface area contributed by atoms with Crippen LogP contribution >= 0.6 is 0 Å². The molecule has 0 aliphatic carbocycles. The molecule has 4 rings (SSSR count). The van der Waals surface area contributed by atoms with Gasteiger partial charge in [-0.05, 0) is 30.3 Å². The van der Waals surface area contributed by atoms with Crippen molar-refractivity contribution in [3.8, 4) is 16.9 Å². The molecule has 0 saturated heterocycles. The molecule has 0 spiro atoms. The number of alkyl halides is 3. The fourth-order valence-electron chi connectivity index (χ4n) is 2.97. The van der Waals surface area contributed by atoms with Crippen LogP contribution in [0.4, 0.5) is 23.2 Å². The van der Waals surface area contributed by atoms with E-state index in [9.17, 15) is 22.4 Å². The SMILES string of the molecule is O=C(Nc1cccc(-c2ccn[nH]2)c1)c1cnn(-c2ccccc2F)c1C(F)(F)F. The summed E-state index contributed by atoms with van der Waals surface area (Å²) >= 11 is 0. The van der Waals surface area contributed by atoms with Crippen molar-refractivity contribution in [1.82, 2.24) is 20.0 Å². The minimum atomic E-state index is -4.94. The van der Waals surface area contributed by atoms with E-state index in [1.807, 2.05) is 0 Å². The Labute approximate surface area is 167 Å². The Bertz CT molecular complexity index is 1200. The van der Waals surface area contributed by atoms with Crippen molar-refractivity contribution < 1.29 is 22.4 Å². The topological polar surface area (TPSA) is 75.6 Å². The van der Waals surface area contributed by atoms with Crippen molar-refractivity contribution in [2.24, 2.45) is 0 Å². The van der Waals surface area contributed by atoms with E-state index >= 15 is 0 Å². The summed E-state index contributed by atoms with van der Waals surface area (Å²) in [4.78, 5) is 12.6. The van der Waals surface area contributed by atoms with Gasteiger partial charge in [0, 0.05) is 17.4 Å². The van der Waals surface area contributed by atoms with Gasteiger partial charge in [0.25, 0.3) is 5.91 Å². The average Bonchev–Trinajstić information content (AvgIpc) is 3.38. The smallest absolute Gasteiger partial charge is 0.322 e. The summed E-state index contributed by atoms with van der Waals surface area (Å²) < 4.78 is 55.6. The van der Waals surface area contributed by atoms with Gasteiger partial charge in [-0.1, -0.05) is 24.3 Å². The molecule has 152 valence electrons. The molecule has 0 unspecified atom stereocenters. The number of halogens is 4. The highest BCUT2D eigenvalue weighted by molar-refractivity contribution is 6.05. The summed E-state index contributed by atoms with van der Waals surface area (Å²) in [6.45, 7) is 0. The van der Waals surface area contributed by atoms with Crippen LogP contribution in [0.3, 0.4) is 0 Å². The monoisotopic (exact) mass is 415 g/mol. The van der Waals surface area contributed by atoms with E-state index in [0.717, 1.165) is 18.3 Å². The zero-order valence-electron chi connectivity index (χ0n) is 15.1. The molecule has 10 heteroatoms. The number of nitrogens with one attached hydrogen (secondary N) is 2. The fraction of sp³-hybridized carbons (Fsp3) is 0.0500. The number of rotatable bonds is 4. The third kappa shape index (κ3) is 3.66. The second-order valence-electron chi connectivity index (χ2n) is 6.27. The highest BCUT2D eigenvalue weighted by Crippen LogP contribution is 2.34. The Morgan fingerprint density at radius 1 is 1.07 bits per heavy atom. The normalized spacial score (nSPS) is 11.5. The number of aromatic nitrogens is 4. The molecular formula is C20H13F4N5O. The van der Waals surface area contributed by atoms with E-state index < -0.39 is 34.8 Å². The first-order valence-corrected chi connectivity index (χ1v) is 8.66. The molecule has 30 heavy (non-hydrogen) atoms. The molecule has 6 nitrogen and oxygen atoms in total. The highest BCUT2D eigenvalue weighted by Gasteiger charge is 2.41. The number of carbonyl (C=O) groups excluding carboxylic acids is 1. The zero-order valence-corrected chi connectivity index (χ0v) is 15.1. The summed E-state index contributed by atoms with van der Waals surface area (Å²) in [5.74, 6) is -1.92. The number of anilines is 1. The van der Waals surface area contributed by atoms with Gasteiger partial charge in [0.05, 0.1) is 17.5 Å². The number of amides is 1. The van der Waals surface area contributed by atoms with Crippen molar-refractivity contribution in [2.75, 3.05) is 5.32 Å². The molecule has 0 saturated carbocycles. The molecule has 2 aromatic heterocycles. The first kappa shape index (κ1) is 19.4. The number of benzene rings is 2. The van der Waals surface area contributed by atoms with Crippen molar-refractivity contribution in [1.29, 1.82) is 0 Å². The lowest BCUT2D eigenvalue weighted by atomic mass is 10.1. The van der Waals surface area contributed by atoms with Gasteiger partial charge in [-0.15, -0.1) is 0 Å². The first-order valence-electron chi connectivity index (χ1n) is 8.66. The second-order valence-corrected chi connectivity index (χ2v) is 6.27. The van der Waals surface area contributed by atoms with Gasteiger partial charge < -0.3 is 5.32 Å². The Morgan fingerprint density at radius 3 is 2.57 bits per heavy atom. The number of para-hydroxylation sites is 1. The van der Waals surface area contributed by atoms with Gasteiger partial charge in [-0.25, -0.2) is 9.07 Å². The van der Waals surface area contributed by atoms with Gasteiger partial charge >= 0.3 is 6.18 Å². The minimum absolute atomic E-state index is 0.277. The molecule has 0 radical (unpaired) electrons. The van der Waals surface area contributed by atoms with Gasteiger partial charge in [0.2, 0.25) is 0 Å².